The molecule has 1 amide bonds. The molecule has 114 valence electrons. The summed E-state index contributed by atoms with van der Waals surface area (Å²) in [7, 11) is 0. The van der Waals surface area contributed by atoms with Gasteiger partial charge in [-0.1, -0.05) is 30.3 Å². The molecule has 1 saturated carbocycles. The van der Waals surface area contributed by atoms with Crippen molar-refractivity contribution in [1.82, 2.24) is 5.32 Å². The smallest absolute Gasteiger partial charge is 0.408 e. The molecule has 0 radical (unpaired) electrons. The Bertz CT molecular complexity index is 472. The van der Waals surface area contributed by atoms with Crippen LogP contribution in [0.4, 0.5) is 4.79 Å². The predicted octanol–water partition coefficient (Wildman–Crippen LogP) is 1.94. The van der Waals surface area contributed by atoms with Crippen molar-refractivity contribution in [3.63, 3.8) is 0 Å². The molecule has 0 spiro atoms. The minimum absolute atomic E-state index is 0.0412. The van der Waals surface area contributed by atoms with Crippen LogP contribution in [0.5, 0.6) is 0 Å². The molecule has 0 unspecified atom stereocenters. The van der Waals surface area contributed by atoms with Crippen molar-refractivity contribution in [2.75, 3.05) is 6.61 Å². The summed E-state index contributed by atoms with van der Waals surface area (Å²) < 4.78 is 10.4. The largest absolute Gasteiger partial charge is 0.480 e. The first-order chi connectivity index (χ1) is 10.1. The molecule has 2 rings (SSSR count). The van der Waals surface area contributed by atoms with Gasteiger partial charge < -0.3 is 19.9 Å². The first-order valence-corrected chi connectivity index (χ1v) is 6.97. The van der Waals surface area contributed by atoms with Gasteiger partial charge in [-0.15, -0.1) is 0 Å². The molecule has 1 aliphatic carbocycles. The Balaban J connectivity index is 1.73. The Labute approximate surface area is 123 Å². The average molecular weight is 293 g/mol. The number of benzene rings is 1. The zero-order valence-electron chi connectivity index (χ0n) is 11.7. The normalized spacial score (nSPS) is 15.8. The molecule has 0 aliphatic heterocycles. The average Bonchev–Trinajstić information content (AvgIpc) is 2.43. The van der Waals surface area contributed by atoms with Crippen LogP contribution in [0.3, 0.4) is 0 Å². The summed E-state index contributed by atoms with van der Waals surface area (Å²) in [6, 6.07) is 8.09. The fourth-order valence-corrected chi connectivity index (χ4v) is 1.85. The highest BCUT2D eigenvalue weighted by Gasteiger charge is 2.25. The number of ether oxygens (including phenoxy) is 2. The molecule has 0 saturated heterocycles. The first-order valence-electron chi connectivity index (χ1n) is 6.97. The second-order valence-electron chi connectivity index (χ2n) is 4.98. The lowest BCUT2D eigenvalue weighted by atomic mass is 9.96. The monoisotopic (exact) mass is 293 g/mol. The third kappa shape index (κ3) is 5.07. The van der Waals surface area contributed by atoms with Crippen molar-refractivity contribution in [2.24, 2.45) is 0 Å². The highest BCUT2D eigenvalue weighted by atomic mass is 16.5. The van der Waals surface area contributed by atoms with Gasteiger partial charge in [-0.3, -0.25) is 0 Å². The zero-order valence-corrected chi connectivity index (χ0v) is 11.7. The number of carbonyl (C=O) groups is 2. The van der Waals surface area contributed by atoms with Crippen LogP contribution in [0.1, 0.15) is 24.8 Å². The molecule has 0 bridgehead atoms. The fraction of sp³-hybridized carbons (Fsp3) is 0.467. The summed E-state index contributed by atoms with van der Waals surface area (Å²) >= 11 is 0. The van der Waals surface area contributed by atoms with Crippen molar-refractivity contribution in [3.8, 4) is 0 Å². The van der Waals surface area contributed by atoms with Gasteiger partial charge in [0.25, 0.3) is 0 Å². The fourth-order valence-electron chi connectivity index (χ4n) is 1.85. The van der Waals surface area contributed by atoms with E-state index in [0.29, 0.717) is 0 Å². The van der Waals surface area contributed by atoms with E-state index in [-0.39, 0.29) is 19.3 Å². The Morgan fingerprint density at radius 1 is 1.29 bits per heavy atom. The minimum Gasteiger partial charge on any atom is -0.480 e. The topological polar surface area (TPSA) is 84.9 Å². The van der Waals surface area contributed by atoms with E-state index in [1.165, 1.54) is 0 Å². The zero-order chi connectivity index (χ0) is 15.1. The molecule has 1 atom stereocenters. The molecule has 0 aromatic heterocycles. The third-order valence-corrected chi connectivity index (χ3v) is 3.35. The number of amides is 1. The standard InChI is InChI=1S/C15H19NO5/c17-14(18)13(10-20-12-7-4-8-12)16-15(19)21-9-11-5-2-1-3-6-11/h1-3,5-6,12-13H,4,7-10H2,(H,16,19)(H,17,18)/t13-/m1/s1. The van der Waals surface area contributed by atoms with E-state index >= 15 is 0 Å². The van der Waals surface area contributed by atoms with Gasteiger partial charge in [0, 0.05) is 0 Å². The van der Waals surface area contributed by atoms with Crippen molar-refractivity contribution in [3.05, 3.63) is 35.9 Å². The van der Waals surface area contributed by atoms with Crippen molar-refractivity contribution in [1.29, 1.82) is 0 Å². The molecule has 2 N–H and O–H groups in total. The maximum absolute atomic E-state index is 11.6. The Kier molecular flexibility index (Phi) is 5.57. The number of hydrogen-bond donors (Lipinski definition) is 2. The SMILES string of the molecule is O=C(N[C@H](COC1CCC1)C(=O)O)OCc1ccccc1. The maximum Gasteiger partial charge on any atom is 0.408 e. The highest BCUT2D eigenvalue weighted by Crippen LogP contribution is 2.21. The van der Waals surface area contributed by atoms with E-state index in [1.54, 1.807) is 0 Å². The molecular formula is C15H19NO5. The molecule has 1 aliphatic rings. The van der Waals surface area contributed by atoms with Crippen molar-refractivity contribution in [2.45, 2.75) is 38.0 Å². The van der Waals surface area contributed by atoms with Crippen LogP contribution in [0.25, 0.3) is 0 Å². The number of carboxylic acid groups (broad SMARTS) is 1. The Morgan fingerprint density at radius 2 is 2.00 bits per heavy atom. The van der Waals surface area contributed by atoms with Crippen molar-refractivity contribution >= 4 is 12.1 Å². The van der Waals surface area contributed by atoms with Crippen LogP contribution in [0.2, 0.25) is 0 Å². The van der Waals surface area contributed by atoms with E-state index < -0.39 is 18.1 Å². The van der Waals surface area contributed by atoms with Crippen LogP contribution < -0.4 is 5.32 Å². The summed E-state index contributed by atoms with van der Waals surface area (Å²) in [5.74, 6) is -1.13. The number of aliphatic carboxylic acids is 1. The van der Waals surface area contributed by atoms with Gasteiger partial charge in [0.15, 0.2) is 6.04 Å². The number of rotatable bonds is 7. The number of carboxylic acids is 1. The molecule has 1 aromatic carbocycles. The number of nitrogens with one attached hydrogen (secondary N) is 1. The molecule has 6 nitrogen and oxygen atoms in total. The van der Waals surface area contributed by atoms with Crippen LogP contribution in [-0.4, -0.2) is 35.9 Å². The Hall–Kier alpha value is -2.08. The van der Waals surface area contributed by atoms with Gasteiger partial charge in [-0.25, -0.2) is 9.59 Å². The van der Waals surface area contributed by atoms with Gasteiger partial charge in [0.1, 0.15) is 6.61 Å². The van der Waals surface area contributed by atoms with E-state index in [4.69, 9.17) is 14.6 Å². The molecule has 1 fully saturated rings. The van der Waals surface area contributed by atoms with Gasteiger partial charge >= 0.3 is 12.1 Å². The predicted molar refractivity (Wildman–Crippen MR) is 74.8 cm³/mol. The lowest BCUT2D eigenvalue weighted by Gasteiger charge is -2.27. The Morgan fingerprint density at radius 3 is 2.57 bits per heavy atom. The van der Waals surface area contributed by atoms with E-state index in [1.807, 2.05) is 30.3 Å². The van der Waals surface area contributed by atoms with Gasteiger partial charge in [-0.2, -0.15) is 0 Å². The van der Waals surface area contributed by atoms with Gasteiger partial charge in [-0.05, 0) is 24.8 Å². The van der Waals surface area contributed by atoms with Gasteiger partial charge in [0.05, 0.1) is 12.7 Å². The van der Waals surface area contributed by atoms with E-state index in [9.17, 15) is 9.59 Å². The second kappa shape index (κ2) is 7.64. The quantitative estimate of drug-likeness (QED) is 0.802. The third-order valence-electron chi connectivity index (χ3n) is 3.35. The molecule has 6 heteroatoms. The molecule has 1 aromatic rings. The lowest BCUT2D eigenvalue weighted by Crippen LogP contribution is -2.45. The van der Waals surface area contributed by atoms with Gasteiger partial charge in [0.2, 0.25) is 0 Å². The number of hydrogen-bond acceptors (Lipinski definition) is 4. The second-order valence-corrected chi connectivity index (χ2v) is 4.98. The van der Waals surface area contributed by atoms with Crippen LogP contribution in [0, 0.1) is 0 Å². The van der Waals surface area contributed by atoms with Crippen LogP contribution in [0.15, 0.2) is 30.3 Å². The minimum atomic E-state index is -1.13. The molecule has 21 heavy (non-hydrogen) atoms. The number of carbonyl (C=O) groups excluding carboxylic acids is 1. The summed E-state index contributed by atoms with van der Waals surface area (Å²) in [5.41, 5.74) is 0.838. The summed E-state index contributed by atoms with van der Waals surface area (Å²) in [4.78, 5) is 22.7. The number of alkyl carbamates (subject to hydrolysis) is 1. The first kappa shape index (κ1) is 15.3. The summed E-state index contributed by atoms with van der Waals surface area (Å²) in [5, 5.41) is 11.4. The molecular weight excluding hydrogens is 274 g/mol. The highest BCUT2D eigenvalue weighted by molar-refractivity contribution is 5.80. The summed E-state index contributed by atoms with van der Waals surface area (Å²) in [6.07, 6.45) is 2.36. The van der Waals surface area contributed by atoms with Crippen molar-refractivity contribution < 1.29 is 24.2 Å². The lowest BCUT2D eigenvalue weighted by molar-refractivity contribution is -0.142. The van der Waals surface area contributed by atoms with E-state index in [2.05, 4.69) is 5.32 Å². The molecule has 0 heterocycles. The van der Waals surface area contributed by atoms with E-state index in [0.717, 1.165) is 24.8 Å². The van der Waals surface area contributed by atoms with Crippen LogP contribution >= 0.6 is 0 Å². The maximum atomic E-state index is 11.6. The summed E-state index contributed by atoms with van der Waals surface area (Å²) in [6.45, 7) is 0.0585. The van der Waals surface area contributed by atoms with Crippen LogP contribution in [-0.2, 0) is 20.9 Å².